The van der Waals surface area contributed by atoms with Crippen LogP contribution in [0.5, 0.6) is 5.88 Å². The highest BCUT2D eigenvalue weighted by Gasteiger charge is 2.25. The van der Waals surface area contributed by atoms with E-state index in [-0.39, 0.29) is 0 Å². The highest BCUT2D eigenvalue weighted by Crippen LogP contribution is 2.31. The van der Waals surface area contributed by atoms with Crippen molar-refractivity contribution in [3.05, 3.63) is 41.2 Å². The number of benzene rings is 1. The van der Waals surface area contributed by atoms with Crippen molar-refractivity contribution < 1.29 is 4.74 Å². The molecule has 2 heterocycles. The summed E-state index contributed by atoms with van der Waals surface area (Å²) < 4.78 is 5.19. The van der Waals surface area contributed by atoms with Crippen LogP contribution in [0.2, 0.25) is 5.02 Å². The van der Waals surface area contributed by atoms with Crippen molar-refractivity contribution in [2.75, 3.05) is 37.0 Å². The maximum absolute atomic E-state index is 9.00. The second kappa shape index (κ2) is 7.58. The minimum Gasteiger partial charge on any atom is -0.481 e. The predicted octanol–water partition coefficient (Wildman–Crippen LogP) is 3.12. The summed E-state index contributed by atoms with van der Waals surface area (Å²) in [7, 11) is 3.64. The smallest absolute Gasteiger partial charge is 0.218 e. The molecule has 0 amide bonds. The third kappa shape index (κ3) is 3.77. The molecule has 0 saturated carbocycles. The molecule has 1 unspecified atom stereocenters. The summed E-state index contributed by atoms with van der Waals surface area (Å²) >= 11 is 6.38. The number of rotatable bonds is 4. The normalized spacial score (nSPS) is 17.0. The van der Waals surface area contributed by atoms with Crippen molar-refractivity contribution in [1.82, 2.24) is 9.97 Å². The first-order valence-electron chi connectivity index (χ1n) is 8.16. The summed E-state index contributed by atoms with van der Waals surface area (Å²) in [6.07, 6.45) is 3.66. The number of anilines is 2. The summed E-state index contributed by atoms with van der Waals surface area (Å²) in [4.78, 5) is 12.8. The zero-order valence-electron chi connectivity index (χ0n) is 14.3. The van der Waals surface area contributed by atoms with E-state index in [0.717, 1.165) is 37.4 Å². The van der Waals surface area contributed by atoms with E-state index in [0.29, 0.717) is 22.5 Å². The molecule has 0 N–H and O–H groups in total. The van der Waals surface area contributed by atoms with Crippen LogP contribution in [0.3, 0.4) is 0 Å². The van der Waals surface area contributed by atoms with E-state index in [9.17, 15) is 0 Å². The number of hydrogen-bond acceptors (Lipinski definition) is 6. The van der Waals surface area contributed by atoms with Crippen molar-refractivity contribution in [2.45, 2.75) is 18.9 Å². The largest absolute Gasteiger partial charge is 0.481 e. The number of nitrogens with zero attached hydrogens (tertiary/aromatic N) is 5. The summed E-state index contributed by atoms with van der Waals surface area (Å²) in [5.74, 6) is 1.39. The molecule has 1 aromatic carbocycles. The van der Waals surface area contributed by atoms with Gasteiger partial charge in [-0.2, -0.15) is 5.26 Å². The van der Waals surface area contributed by atoms with E-state index >= 15 is 0 Å². The number of halogens is 1. The van der Waals surface area contributed by atoms with Crippen LogP contribution in [0.15, 0.2) is 30.6 Å². The molecule has 0 spiro atoms. The summed E-state index contributed by atoms with van der Waals surface area (Å²) in [5, 5.41) is 9.61. The molecule has 2 aromatic rings. The highest BCUT2D eigenvalue weighted by atomic mass is 35.5. The third-order valence-corrected chi connectivity index (χ3v) is 4.86. The number of ether oxygens (including phenoxy) is 1. The molecule has 1 saturated heterocycles. The number of aromatic nitrogens is 2. The molecular formula is C18H20ClN5O. The van der Waals surface area contributed by atoms with Gasteiger partial charge in [-0.1, -0.05) is 11.6 Å². The van der Waals surface area contributed by atoms with Crippen molar-refractivity contribution >= 4 is 23.1 Å². The molecule has 3 rings (SSSR count). The van der Waals surface area contributed by atoms with Crippen molar-refractivity contribution in [3.63, 3.8) is 0 Å². The minimum absolute atomic E-state index is 0.306. The van der Waals surface area contributed by atoms with Crippen LogP contribution in [0.25, 0.3) is 0 Å². The van der Waals surface area contributed by atoms with Crippen LogP contribution in [0.1, 0.15) is 18.4 Å². The van der Waals surface area contributed by atoms with Gasteiger partial charge >= 0.3 is 0 Å². The maximum Gasteiger partial charge on any atom is 0.218 e. The highest BCUT2D eigenvalue weighted by molar-refractivity contribution is 6.33. The van der Waals surface area contributed by atoms with E-state index in [2.05, 4.69) is 25.8 Å². The maximum atomic E-state index is 9.00. The van der Waals surface area contributed by atoms with Crippen LogP contribution in [0, 0.1) is 11.3 Å². The second-order valence-electron chi connectivity index (χ2n) is 6.05. The summed E-state index contributed by atoms with van der Waals surface area (Å²) in [5.41, 5.74) is 1.55. The fourth-order valence-corrected chi connectivity index (χ4v) is 3.44. The van der Waals surface area contributed by atoms with Gasteiger partial charge in [0.15, 0.2) is 0 Å². The standard InChI is InChI=1S/C18H20ClN5O/c1-23(17-9-18(25-2)22-12-21-17)14-4-3-7-24(11-14)16-6-5-13(10-20)8-15(16)19/h5-6,8-9,12,14H,3-4,7,11H2,1-2H3. The Kier molecular flexibility index (Phi) is 5.25. The Morgan fingerprint density at radius 2 is 2.20 bits per heavy atom. The zero-order valence-corrected chi connectivity index (χ0v) is 15.1. The molecule has 0 bridgehead atoms. The van der Waals surface area contributed by atoms with Gasteiger partial charge in [0.2, 0.25) is 5.88 Å². The molecule has 6 nitrogen and oxygen atoms in total. The molecule has 1 atom stereocenters. The Labute approximate surface area is 152 Å². The zero-order chi connectivity index (χ0) is 17.8. The quantitative estimate of drug-likeness (QED) is 0.837. The van der Waals surface area contributed by atoms with E-state index in [1.807, 2.05) is 25.2 Å². The molecule has 1 aromatic heterocycles. The molecule has 25 heavy (non-hydrogen) atoms. The molecule has 7 heteroatoms. The van der Waals surface area contributed by atoms with Gasteiger partial charge in [-0.25, -0.2) is 9.97 Å². The van der Waals surface area contributed by atoms with E-state index in [1.165, 1.54) is 6.33 Å². The summed E-state index contributed by atoms with van der Waals surface area (Å²) in [6.45, 7) is 1.79. The van der Waals surface area contributed by atoms with Gasteiger partial charge in [-0.05, 0) is 31.0 Å². The lowest BCUT2D eigenvalue weighted by atomic mass is 10.0. The average molecular weight is 358 g/mol. The fraction of sp³-hybridized carbons (Fsp3) is 0.389. The van der Waals surface area contributed by atoms with Crippen LogP contribution in [-0.2, 0) is 0 Å². The Hall–Kier alpha value is -2.52. The first-order chi connectivity index (χ1) is 12.1. The Morgan fingerprint density at radius 3 is 2.92 bits per heavy atom. The lowest BCUT2D eigenvalue weighted by Gasteiger charge is -2.39. The molecule has 1 aliphatic rings. The topological polar surface area (TPSA) is 65.3 Å². The predicted molar refractivity (Wildman–Crippen MR) is 98.4 cm³/mol. The van der Waals surface area contributed by atoms with Gasteiger partial charge in [-0.15, -0.1) is 0 Å². The number of hydrogen-bond donors (Lipinski definition) is 0. The van der Waals surface area contributed by atoms with Gasteiger partial charge in [0, 0.05) is 32.2 Å². The Bertz CT molecular complexity index is 791. The van der Waals surface area contributed by atoms with Gasteiger partial charge in [0.05, 0.1) is 29.5 Å². The molecular weight excluding hydrogens is 338 g/mol. The molecule has 1 aliphatic heterocycles. The number of piperidine rings is 1. The minimum atomic E-state index is 0.306. The van der Waals surface area contributed by atoms with Crippen molar-refractivity contribution in [3.8, 4) is 11.9 Å². The van der Waals surface area contributed by atoms with Crippen LogP contribution in [-0.4, -0.2) is 43.3 Å². The number of nitriles is 1. The van der Waals surface area contributed by atoms with E-state index in [1.54, 1.807) is 13.2 Å². The van der Waals surface area contributed by atoms with Crippen LogP contribution in [0.4, 0.5) is 11.5 Å². The first-order valence-corrected chi connectivity index (χ1v) is 8.53. The third-order valence-electron chi connectivity index (χ3n) is 4.56. The lowest BCUT2D eigenvalue weighted by molar-refractivity contribution is 0.396. The SMILES string of the molecule is COc1cc(N(C)C2CCCN(c3ccc(C#N)cc3Cl)C2)ncn1. The number of methoxy groups -OCH3 is 1. The first kappa shape index (κ1) is 17.3. The second-order valence-corrected chi connectivity index (χ2v) is 6.46. The average Bonchev–Trinajstić information content (AvgIpc) is 2.67. The van der Waals surface area contributed by atoms with E-state index < -0.39 is 0 Å². The molecule has 0 aliphatic carbocycles. The van der Waals surface area contributed by atoms with Crippen molar-refractivity contribution in [2.24, 2.45) is 0 Å². The number of likely N-dealkylation sites (N-methyl/N-ethyl adjacent to an activating group) is 1. The van der Waals surface area contributed by atoms with Gasteiger partial charge < -0.3 is 14.5 Å². The summed E-state index contributed by atoms with van der Waals surface area (Å²) in [6, 6.07) is 9.73. The van der Waals surface area contributed by atoms with Crippen LogP contribution >= 0.6 is 11.6 Å². The lowest BCUT2D eigenvalue weighted by Crippen LogP contribution is -2.47. The van der Waals surface area contributed by atoms with Crippen LogP contribution < -0.4 is 14.5 Å². The van der Waals surface area contributed by atoms with E-state index in [4.69, 9.17) is 21.6 Å². The molecule has 130 valence electrons. The monoisotopic (exact) mass is 357 g/mol. The van der Waals surface area contributed by atoms with Gasteiger partial charge in [0.1, 0.15) is 12.1 Å². The molecule has 0 radical (unpaired) electrons. The van der Waals surface area contributed by atoms with Gasteiger partial charge in [0.25, 0.3) is 0 Å². The van der Waals surface area contributed by atoms with Crippen molar-refractivity contribution in [1.29, 1.82) is 5.26 Å². The Balaban J connectivity index is 1.77. The molecule has 1 fully saturated rings. The fourth-order valence-electron chi connectivity index (χ4n) is 3.14. The Morgan fingerprint density at radius 1 is 1.36 bits per heavy atom. The van der Waals surface area contributed by atoms with Gasteiger partial charge in [-0.3, -0.25) is 0 Å².